The third kappa shape index (κ3) is 7.32. The van der Waals surface area contributed by atoms with Gasteiger partial charge in [0.2, 0.25) is 11.8 Å². The maximum atomic E-state index is 13.7. The molecule has 1 aliphatic carbocycles. The first kappa shape index (κ1) is 30.9. The molecule has 1 atom stereocenters. The Bertz CT molecular complexity index is 1540. The van der Waals surface area contributed by atoms with Gasteiger partial charge in [-0.25, -0.2) is 19.4 Å². The van der Waals surface area contributed by atoms with E-state index >= 15 is 0 Å². The van der Waals surface area contributed by atoms with Crippen LogP contribution in [-0.2, 0) is 10.0 Å². The second-order valence-electron chi connectivity index (χ2n) is 12.1. The van der Waals surface area contributed by atoms with Gasteiger partial charge < -0.3 is 15.4 Å². The van der Waals surface area contributed by atoms with Crippen molar-refractivity contribution in [2.24, 2.45) is 17.6 Å². The van der Waals surface area contributed by atoms with Gasteiger partial charge in [-0.1, -0.05) is 31.7 Å². The largest absolute Gasteiger partial charge is 0.477 e. The highest BCUT2D eigenvalue weighted by Crippen LogP contribution is 2.39. The molecule has 232 valence electrons. The van der Waals surface area contributed by atoms with E-state index in [1.54, 1.807) is 23.0 Å². The van der Waals surface area contributed by atoms with Gasteiger partial charge in [0.25, 0.3) is 15.9 Å². The molecule has 0 radical (unpaired) electrons. The van der Waals surface area contributed by atoms with E-state index in [9.17, 15) is 17.6 Å². The fourth-order valence-corrected chi connectivity index (χ4v) is 7.14. The second-order valence-corrected chi connectivity index (χ2v) is 13.7. The number of amides is 1. The average molecular weight is 614 g/mol. The molecule has 5 rings (SSSR count). The molecule has 0 spiro atoms. The summed E-state index contributed by atoms with van der Waals surface area (Å²) in [6.07, 6.45) is 10.5. The summed E-state index contributed by atoms with van der Waals surface area (Å²) in [7, 11) is -4.44. The van der Waals surface area contributed by atoms with Gasteiger partial charge in [-0.3, -0.25) is 4.79 Å². The zero-order chi connectivity index (χ0) is 30.6. The van der Waals surface area contributed by atoms with Crippen LogP contribution in [0.3, 0.4) is 0 Å². The fraction of sp³-hybridized carbons (Fsp3) is 0.533. The number of carbonyl (C=O) groups is 1. The second kappa shape index (κ2) is 13.0. The van der Waals surface area contributed by atoms with Gasteiger partial charge >= 0.3 is 0 Å². The van der Waals surface area contributed by atoms with Gasteiger partial charge in [-0.2, -0.15) is 12.8 Å². The number of nitrogens with zero attached hydrogens (tertiary/aromatic N) is 5. The van der Waals surface area contributed by atoms with Crippen molar-refractivity contribution in [3.63, 3.8) is 0 Å². The van der Waals surface area contributed by atoms with E-state index in [-0.39, 0.29) is 11.1 Å². The Balaban J connectivity index is 1.43. The maximum absolute atomic E-state index is 13.7. The monoisotopic (exact) mass is 613 g/mol. The minimum absolute atomic E-state index is 0.0662. The Hall–Kier alpha value is -3.58. The van der Waals surface area contributed by atoms with Crippen molar-refractivity contribution in [1.82, 2.24) is 24.5 Å². The van der Waals surface area contributed by atoms with Crippen molar-refractivity contribution < 1.29 is 22.3 Å². The lowest BCUT2D eigenvalue weighted by Crippen LogP contribution is -2.41. The summed E-state index contributed by atoms with van der Waals surface area (Å²) in [6, 6.07) is 8.28. The van der Waals surface area contributed by atoms with E-state index in [0.29, 0.717) is 49.0 Å². The van der Waals surface area contributed by atoms with E-state index in [0.717, 1.165) is 37.8 Å². The summed E-state index contributed by atoms with van der Waals surface area (Å²) in [5.74, 6) is 0.445. The molecule has 3 aromatic rings. The Labute approximate surface area is 252 Å². The first-order valence-corrected chi connectivity index (χ1v) is 16.4. The number of rotatable bonds is 12. The van der Waals surface area contributed by atoms with Gasteiger partial charge in [-0.05, 0) is 82.2 Å². The van der Waals surface area contributed by atoms with E-state index < -0.39 is 26.9 Å². The fourth-order valence-electron chi connectivity index (χ4n) is 6.22. The minimum atomic E-state index is -4.44. The van der Waals surface area contributed by atoms with E-state index in [4.69, 9.17) is 15.5 Å². The zero-order valence-electron chi connectivity index (χ0n) is 24.7. The number of nitrogens with one attached hydrogen (secondary N) is 1. The first-order chi connectivity index (χ1) is 20.6. The van der Waals surface area contributed by atoms with Crippen molar-refractivity contribution >= 4 is 21.7 Å². The molecule has 43 heavy (non-hydrogen) atoms. The summed E-state index contributed by atoms with van der Waals surface area (Å²) in [6.45, 7) is 5.96. The normalized spacial score (nSPS) is 18.7. The molecule has 2 aliphatic rings. The average Bonchev–Trinajstić information content (AvgIpc) is 3.72. The summed E-state index contributed by atoms with van der Waals surface area (Å²) >= 11 is 0. The molecule has 0 bridgehead atoms. The topological polar surface area (TPSA) is 145 Å². The molecule has 2 fully saturated rings. The molecule has 11 nitrogen and oxygen atoms in total. The molecule has 1 saturated heterocycles. The number of pyridine rings is 2. The Kier molecular flexibility index (Phi) is 9.30. The Morgan fingerprint density at radius 1 is 1.12 bits per heavy atom. The van der Waals surface area contributed by atoms with Gasteiger partial charge in [0, 0.05) is 24.3 Å². The van der Waals surface area contributed by atoms with Gasteiger partial charge in [0.1, 0.15) is 5.82 Å². The Morgan fingerprint density at radius 3 is 2.65 bits per heavy atom. The van der Waals surface area contributed by atoms with Crippen LogP contribution < -0.4 is 20.1 Å². The Morgan fingerprint density at radius 2 is 1.91 bits per heavy atom. The highest BCUT2D eigenvalue weighted by atomic mass is 32.2. The van der Waals surface area contributed by atoms with Crippen molar-refractivity contribution in [3.8, 4) is 11.7 Å². The molecule has 13 heteroatoms. The van der Waals surface area contributed by atoms with Crippen LogP contribution in [0.5, 0.6) is 5.88 Å². The minimum Gasteiger partial charge on any atom is -0.477 e. The molecule has 0 unspecified atom stereocenters. The summed E-state index contributed by atoms with van der Waals surface area (Å²) < 4.78 is 49.0. The maximum Gasteiger partial charge on any atom is 0.281 e. The van der Waals surface area contributed by atoms with Crippen LogP contribution >= 0.6 is 0 Å². The van der Waals surface area contributed by atoms with E-state index in [1.807, 2.05) is 9.62 Å². The molecule has 1 saturated carbocycles. The molecular weight excluding hydrogens is 573 g/mol. The molecule has 1 aliphatic heterocycles. The van der Waals surface area contributed by atoms with Gasteiger partial charge in [0.05, 0.1) is 12.2 Å². The van der Waals surface area contributed by atoms with Crippen LogP contribution in [0, 0.1) is 17.8 Å². The summed E-state index contributed by atoms with van der Waals surface area (Å²) in [4.78, 5) is 23.8. The molecule has 3 N–H and O–H groups in total. The first-order valence-electron chi connectivity index (χ1n) is 14.9. The highest BCUT2D eigenvalue weighted by Gasteiger charge is 2.40. The predicted octanol–water partition coefficient (Wildman–Crippen LogP) is 4.22. The number of carbonyl (C=O) groups excluding carboxylic acids is 1. The number of ether oxygens (including phenoxy) is 1. The van der Waals surface area contributed by atoms with Crippen molar-refractivity contribution in [2.75, 3.05) is 24.6 Å². The SMILES string of the molecule is CC1(C)C[C@H](CCCN)CN1c1nc(-n2ccc(OCCC3CCCC3)n2)ccc1C(=O)NS(=O)(=O)c1cccc(F)n1. The quantitative estimate of drug-likeness (QED) is 0.287. The van der Waals surface area contributed by atoms with E-state index in [2.05, 4.69) is 23.9 Å². The molecule has 3 aromatic heterocycles. The number of halogens is 1. The highest BCUT2D eigenvalue weighted by molar-refractivity contribution is 7.90. The lowest BCUT2D eigenvalue weighted by molar-refractivity contribution is 0.0981. The predicted molar refractivity (Wildman–Crippen MR) is 160 cm³/mol. The molecular formula is C30H40FN7O4S. The molecule has 4 heterocycles. The van der Waals surface area contributed by atoms with Crippen LogP contribution in [-0.4, -0.2) is 59.3 Å². The van der Waals surface area contributed by atoms with Crippen LogP contribution in [0.1, 0.15) is 75.6 Å². The number of anilines is 1. The van der Waals surface area contributed by atoms with Crippen LogP contribution in [0.2, 0.25) is 0 Å². The number of nitrogens with two attached hydrogens (primary N) is 1. The van der Waals surface area contributed by atoms with E-state index in [1.165, 1.54) is 37.8 Å². The van der Waals surface area contributed by atoms with Crippen LogP contribution in [0.4, 0.5) is 10.2 Å². The third-order valence-electron chi connectivity index (χ3n) is 8.38. The van der Waals surface area contributed by atoms with Gasteiger partial charge in [-0.15, -0.1) is 5.10 Å². The van der Waals surface area contributed by atoms with Crippen molar-refractivity contribution in [2.45, 2.75) is 75.8 Å². The van der Waals surface area contributed by atoms with Crippen LogP contribution in [0.15, 0.2) is 47.6 Å². The smallest absolute Gasteiger partial charge is 0.281 e. The number of hydrogen-bond donors (Lipinski definition) is 2. The number of hydrogen-bond acceptors (Lipinski definition) is 9. The lowest BCUT2D eigenvalue weighted by Gasteiger charge is -2.34. The zero-order valence-corrected chi connectivity index (χ0v) is 25.5. The molecule has 0 aromatic carbocycles. The van der Waals surface area contributed by atoms with Crippen LogP contribution in [0.25, 0.3) is 5.82 Å². The molecule has 1 amide bonds. The number of sulfonamides is 1. The lowest BCUT2D eigenvalue weighted by atomic mass is 9.93. The third-order valence-corrected chi connectivity index (χ3v) is 9.61. The number of aromatic nitrogens is 4. The van der Waals surface area contributed by atoms with Gasteiger partial charge in [0.15, 0.2) is 10.8 Å². The van der Waals surface area contributed by atoms with Crippen molar-refractivity contribution in [3.05, 3.63) is 54.1 Å². The summed E-state index contributed by atoms with van der Waals surface area (Å²) in [5.41, 5.74) is 5.46. The van der Waals surface area contributed by atoms with Crippen molar-refractivity contribution in [1.29, 1.82) is 0 Å². The standard InChI is InChI=1S/C30H40FN7O4S/c1-30(2)19-22(9-6-16-32)20-37(30)28-23(29(39)36-43(40,41)27-11-5-10-24(31)33-27)12-13-25(34-28)38-17-14-26(35-38)42-18-15-21-7-3-4-8-21/h5,10-14,17,21-22H,3-4,6-9,15-16,18-20,32H2,1-2H3,(H,36,39)/t22-/m0/s1. The summed E-state index contributed by atoms with van der Waals surface area (Å²) in [5, 5.41) is 3.95.